The van der Waals surface area contributed by atoms with Gasteiger partial charge in [0.25, 0.3) is 0 Å². The summed E-state index contributed by atoms with van der Waals surface area (Å²) < 4.78 is 11.3. The molecule has 1 saturated heterocycles. The van der Waals surface area contributed by atoms with Crippen molar-refractivity contribution in [1.82, 2.24) is 4.90 Å². The number of ketones is 1. The number of piperidine rings is 1. The summed E-state index contributed by atoms with van der Waals surface area (Å²) in [6, 6.07) is 13.4. The maximum atomic E-state index is 12.4. The summed E-state index contributed by atoms with van der Waals surface area (Å²) in [5.74, 6) is 1.37. The lowest BCUT2D eigenvalue weighted by molar-refractivity contribution is 0.0608. The first-order chi connectivity index (χ1) is 14.5. The second-order valence-electron chi connectivity index (χ2n) is 8.10. The van der Waals surface area contributed by atoms with Gasteiger partial charge in [-0.3, -0.25) is 4.79 Å². The number of hydrogen-bond acceptors (Lipinski definition) is 5. The Morgan fingerprint density at radius 3 is 2.45 bits per heavy atom. The largest absolute Gasteiger partial charge is 0.493 e. The van der Waals surface area contributed by atoms with Crippen molar-refractivity contribution in [2.45, 2.75) is 45.1 Å². The Morgan fingerprint density at radius 1 is 1.06 bits per heavy atom. The third kappa shape index (κ3) is 7.84. The Balaban J connectivity index is 0.00000341. The van der Waals surface area contributed by atoms with Crippen LogP contribution in [0.25, 0.3) is 0 Å². The fourth-order valence-corrected chi connectivity index (χ4v) is 3.81. The number of aliphatic hydroxyl groups excluding tert-OH is 1. The van der Waals surface area contributed by atoms with Gasteiger partial charge in [0.1, 0.15) is 12.7 Å². The molecule has 0 bridgehead atoms. The van der Waals surface area contributed by atoms with Gasteiger partial charge in [-0.25, -0.2) is 0 Å². The standard InChI is InChI=1S/C25H33NO4.ClH/c1-19-6-10-21(11-7-19)23(28)12-8-20-9-13-24(29-2)25(16-20)30-18-22(27)17-26-14-4-3-5-15-26;/h6-7,9-11,13,16,22,27H,3-5,8,12,14-15,17-18H2,1-2H3;1H. The normalized spacial score (nSPS) is 15.1. The molecule has 2 aromatic carbocycles. The highest BCUT2D eigenvalue weighted by Crippen LogP contribution is 2.29. The van der Waals surface area contributed by atoms with Crippen LogP contribution in [0, 0.1) is 6.92 Å². The lowest BCUT2D eigenvalue weighted by atomic mass is 10.0. The number of rotatable bonds is 10. The molecular formula is C25H34ClNO4. The van der Waals surface area contributed by atoms with E-state index in [0.717, 1.165) is 29.8 Å². The minimum absolute atomic E-state index is 0. The van der Waals surface area contributed by atoms with Crippen molar-refractivity contribution in [3.63, 3.8) is 0 Å². The van der Waals surface area contributed by atoms with E-state index in [1.165, 1.54) is 19.3 Å². The lowest BCUT2D eigenvalue weighted by Gasteiger charge is -2.28. The van der Waals surface area contributed by atoms with E-state index in [1.54, 1.807) is 7.11 Å². The molecule has 0 saturated carbocycles. The molecule has 0 amide bonds. The van der Waals surface area contributed by atoms with Gasteiger partial charge in [0.2, 0.25) is 0 Å². The molecule has 0 radical (unpaired) electrons. The molecule has 0 spiro atoms. The highest BCUT2D eigenvalue weighted by atomic mass is 35.5. The van der Waals surface area contributed by atoms with Gasteiger partial charge in [-0.2, -0.15) is 0 Å². The summed E-state index contributed by atoms with van der Waals surface area (Å²) in [5, 5.41) is 10.4. The number of methoxy groups -OCH3 is 1. The van der Waals surface area contributed by atoms with Gasteiger partial charge < -0.3 is 19.5 Å². The molecule has 31 heavy (non-hydrogen) atoms. The molecule has 5 nitrogen and oxygen atoms in total. The zero-order valence-corrected chi connectivity index (χ0v) is 19.3. The van der Waals surface area contributed by atoms with Gasteiger partial charge in [0, 0.05) is 18.5 Å². The Labute approximate surface area is 191 Å². The molecule has 3 rings (SSSR count). The maximum absolute atomic E-state index is 12.4. The number of aryl methyl sites for hydroxylation is 2. The summed E-state index contributed by atoms with van der Waals surface area (Å²) in [6.45, 7) is 4.96. The number of halogens is 1. The molecule has 1 atom stereocenters. The fourth-order valence-electron chi connectivity index (χ4n) is 3.81. The van der Waals surface area contributed by atoms with E-state index in [-0.39, 0.29) is 24.8 Å². The molecular weight excluding hydrogens is 414 g/mol. The van der Waals surface area contributed by atoms with Crippen LogP contribution in [0.4, 0.5) is 0 Å². The number of benzene rings is 2. The molecule has 0 aliphatic carbocycles. The molecule has 6 heteroatoms. The number of β-amino-alcohol motifs (C(OH)–C–C–N with tert-alkyl or cyclic N) is 1. The Morgan fingerprint density at radius 2 is 1.77 bits per heavy atom. The maximum Gasteiger partial charge on any atom is 0.163 e. The van der Waals surface area contributed by atoms with E-state index in [9.17, 15) is 9.90 Å². The van der Waals surface area contributed by atoms with E-state index >= 15 is 0 Å². The third-order valence-electron chi connectivity index (χ3n) is 5.59. The van der Waals surface area contributed by atoms with Crippen LogP contribution in [0.1, 0.15) is 47.2 Å². The van der Waals surface area contributed by atoms with Crippen LogP contribution in [0.3, 0.4) is 0 Å². The molecule has 2 aromatic rings. The molecule has 1 aliphatic rings. The number of carbonyl (C=O) groups excluding carboxylic acids is 1. The van der Waals surface area contributed by atoms with Crippen molar-refractivity contribution in [2.24, 2.45) is 0 Å². The van der Waals surface area contributed by atoms with Crippen molar-refractivity contribution in [3.8, 4) is 11.5 Å². The quantitative estimate of drug-likeness (QED) is 0.544. The smallest absolute Gasteiger partial charge is 0.163 e. The number of likely N-dealkylation sites (tertiary alicyclic amines) is 1. The van der Waals surface area contributed by atoms with Crippen molar-refractivity contribution < 1.29 is 19.4 Å². The highest BCUT2D eigenvalue weighted by molar-refractivity contribution is 5.96. The van der Waals surface area contributed by atoms with E-state index in [0.29, 0.717) is 30.9 Å². The molecule has 0 aromatic heterocycles. The van der Waals surface area contributed by atoms with Crippen LogP contribution in [0.2, 0.25) is 0 Å². The van der Waals surface area contributed by atoms with Crippen LogP contribution < -0.4 is 9.47 Å². The van der Waals surface area contributed by atoms with Crippen LogP contribution in [-0.4, -0.2) is 55.2 Å². The summed E-state index contributed by atoms with van der Waals surface area (Å²) in [4.78, 5) is 14.7. The first-order valence-electron chi connectivity index (χ1n) is 10.8. The Kier molecular flexibility index (Phi) is 10.3. The van der Waals surface area contributed by atoms with Crippen molar-refractivity contribution in [1.29, 1.82) is 0 Å². The lowest BCUT2D eigenvalue weighted by Crippen LogP contribution is -2.38. The fraction of sp³-hybridized carbons (Fsp3) is 0.480. The van der Waals surface area contributed by atoms with Crippen LogP contribution in [-0.2, 0) is 6.42 Å². The van der Waals surface area contributed by atoms with Crippen LogP contribution in [0.15, 0.2) is 42.5 Å². The first-order valence-corrected chi connectivity index (χ1v) is 10.8. The summed E-state index contributed by atoms with van der Waals surface area (Å²) in [7, 11) is 1.60. The minimum Gasteiger partial charge on any atom is -0.493 e. The SMILES string of the molecule is COc1ccc(CCC(=O)c2ccc(C)cc2)cc1OCC(O)CN1CCCCC1.Cl. The molecule has 1 unspecified atom stereocenters. The molecule has 1 aliphatic heterocycles. The zero-order chi connectivity index (χ0) is 21.3. The van der Waals surface area contributed by atoms with Gasteiger partial charge in [-0.05, 0) is 57.0 Å². The van der Waals surface area contributed by atoms with E-state index in [1.807, 2.05) is 49.4 Å². The second kappa shape index (κ2) is 12.7. The highest BCUT2D eigenvalue weighted by Gasteiger charge is 2.16. The molecule has 1 N–H and O–H groups in total. The Hall–Kier alpha value is -2.08. The van der Waals surface area contributed by atoms with Gasteiger partial charge in [-0.1, -0.05) is 42.3 Å². The van der Waals surface area contributed by atoms with E-state index < -0.39 is 6.10 Å². The average molecular weight is 448 g/mol. The number of nitrogens with zero attached hydrogens (tertiary/aromatic N) is 1. The summed E-state index contributed by atoms with van der Waals surface area (Å²) in [6.07, 6.45) is 4.20. The van der Waals surface area contributed by atoms with Crippen molar-refractivity contribution in [3.05, 3.63) is 59.2 Å². The number of ether oxygens (including phenoxy) is 2. The molecule has 1 heterocycles. The number of hydrogen-bond donors (Lipinski definition) is 1. The summed E-state index contributed by atoms with van der Waals surface area (Å²) in [5.41, 5.74) is 2.90. The minimum atomic E-state index is -0.542. The Bertz CT molecular complexity index is 819. The zero-order valence-electron chi connectivity index (χ0n) is 18.5. The topological polar surface area (TPSA) is 59.0 Å². The number of aliphatic hydroxyl groups is 1. The number of carbonyl (C=O) groups is 1. The predicted octanol–water partition coefficient (Wildman–Crippen LogP) is 4.47. The van der Waals surface area contributed by atoms with E-state index in [4.69, 9.17) is 9.47 Å². The third-order valence-corrected chi connectivity index (χ3v) is 5.59. The van der Waals surface area contributed by atoms with Crippen molar-refractivity contribution in [2.75, 3.05) is 33.4 Å². The monoisotopic (exact) mass is 447 g/mol. The first kappa shape index (κ1) is 25.2. The van der Waals surface area contributed by atoms with Gasteiger partial charge in [0.05, 0.1) is 7.11 Å². The second-order valence-corrected chi connectivity index (χ2v) is 8.10. The van der Waals surface area contributed by atoms with Gasteiger partial charge in [-0.15, -0.1) is 12.4 Å². The van der Waals surface area contributed by atoms with Gasteiger partial charge >= 0.3 is 0 Å². The van der Waals surface area contributed by atoms with Crippen LogP contribution >= 0.6 is 12.4 Å². The van der Waals surface area contributed by atoms with Gasteiger partial charge in [0.15, 0.2) is 17.3 Å². The number of Topliss-reactive ketones (excluding diaryl/α,β-unsaturated/α-hetero) is 1. The van der Waals surface area contributed by atoms with Crippen molar-refractivity contribution >= 4 is 18.2 Å². The summed E-state index contributed by atoms with van der Waals surface area (Å²) >= 11 is 0. The molecule has 1 fully saturated rings. The van der Waals surface area contributed by atoms with Crippen LogP contribution in [0.5, 0.6) is 11.5 Å². The predicted molar refractivity (Wildman–Crippen MR) is 126 cm³/mol. The molecule has 170 valence electrons. The van der Waals surface area contributed by atoms with E-state index in [2.05, 4.69) is 4.90 Å². The average Bonchev–Trinajstić information content (AvgIpc) is 2.77.